The van der Waals surface area contributed by atoms with Crippen LogP contribution in [-0.2, 0) is 14.8 Å². The summed E-state index contributed by atoms with van der Waals surface area (Å²) >= 11 is 1.05. The maximum atomic E-state index is 13.0. The van der Waals surface area contributed by atoms with E-state index in [0.29, 0.717) is 28.2 Å². The van der Waals surface area contributed by atoms with Crippen molar-refractivity contribution >= 4 is 50.2 Å². The molecule has 0 aliphatic heterocycles. The lowest BCUT2D eigenvalue weighted by atomic mass is 10.3. The molecular weight excluding hydrogens is 469 g/mol. The summed E-state index contributed by atoms with van der Waals surface area (Å²) in [6, 6.07) is 16.4. The van der Waals surface area contributed by atoms with Gasteiger partial charge in [-0.25, -0.2) is 17.8 Å². The highest BCUT2D eigenvalue weighted by molar-refractivity contribution is 7.99. The first-order valence-electron chi connectivity index (χ1n) is 9.59. The second kappa shape index (κ2) is 9.51. The molecule has 0 aliphatic carbocycles. The van der Waals surface area contributed by atoms with Crippen LogP contribution in [0.1, 0.15) is 0 Å². The van der Waals surface area contributed by atoms with Crippen molar-refractivity contribution in [2.45, 2.75) is 10.1 Å². The normalized spacial score (nSPS) is 11.3. The molecule has 0 aliphatic rings. The summed E-state index contributed by atoms with van der Waals surface area (Å²) in [5.74, 6) is -0.322. The minimum Gasteiger partial charge on any atom is -0.495 e. The molecule has 2 N–H and O–H groups in total. The lowest BCUT2D eigenvalue weighted by Crippen LogP contribution is -2.13. The number of carbonyl (C=O) groups excluding carboxylic acids is 1. The van der Waals surface area contributed by atoms with Crippen LogP contribution in [0, 0.1) is 5.82 Å². The van der Waals surface area contributed by atoms with E-state index in [1.165, 1.54) is 49.6 Å². The molecule has 0 saturated carbocycles. The van der Waals surface area contributed by atoms with Crippen molar-refractivity contribution in [3.05, 3.63) is 72.5 Å². The average molecular weight is 488 g/mol. The van der Waals surface area contributed by atoms with Gasteiger partial charge in [-0.15, -0.1) is 0 Å². The molecule has 1 amide bonds. The largest absolute Gasteiger partial charge is 0.495 e. The second-order valence-electron chi connectivity index (χ2n) is 6.76. The van der Waals surface area contributed by atoms with Gasteiger partial charge in [0.2, 0.25) is 5.91 Å². The van der Waals surface area contributed by atoms with Crippen LogP contribution in [0.2, 0.25) is 0 Å². The van der Waals surface area contributed by atoms with Crippen LogP contribution in [0.4, 0.5) is 15.8 Å². The molecule has 0 atom stereocenters. The van der Waals surface area contributed by atoms with Gasteiger partial charge in [0.15, 0.2) is 5.58 Å². The number of oxazole rings is 1. The molecule has 0 unspecified atom stereocenters. The number of nitrogens with zero attached hydrogens (tertiary/aromatic N) is 1. The number of carbonyl (C=O) groups is 1. The fraction of sp³-hybridized carbons (Fsp3) is 0.0909. The number of benzene rings is 3. The summed E-state index contributed by atoms with van der Waals surface area (Å²) in [4.78, 5) is 16.4. The smallest absolute Gasteiger partial charge is 0.262 e. The SMILES string of the molecule is COc1ccccc1NS(=O)(=O)c1ccc2oc(SCC(=O)Nc3ccc(F)cc3)nc2c1. The van der Waals surface area contributed by atoms with Gasteiger partial charge in [0.05, 0.1) is 23.4 Å². The quantitative estimate of drug-likeness (QED) is 0.352. The number of halogens is 1. The lowest BCUT2D eigenvalue weighted by Gasteiger charge is -2.11. The lowest BCUT2D eigenvalue weighted by molar-refractivity contribution is -0.113. The Hall–Kier alpha value is -3.57. The molecule has 0 radical (unpaired) electrons. The first kappa shape index (κ1) is 22.6. The Morgan fingerprint density at radius 3 is 2.64 bits per heavy atom. The summed E-state index contributed by atoms with van der Waals surface area (Å²) in [6.07, 6.45) is 0. The Labute approximate surface area is 193 Å². The molecule has 0 saturated heterocycles. The number of methoxy groups -OCH3 is 1. The molecule has 8 nitrogen and oxygen atoms in total. The van der Waals surface area contributed by atoms with Crippen molar-refractivity contribution in [3.63, 3.8) is 0 Å². The van der Waals surface area contributed by atoms with Gasteiger partial charge in [0.25, 0.3) is 15.2 Å². The number of sulfonamides is 1. The van der Waals surface area contributed by atoms with E-state index in [1.807, 2.05) is 0 Å². The highest BCUT2D eigenvalue weighted by Gasteiger charge is 2.19. The molecule has 170 valence electrons. The standard InChI is InChI=1S/C22H18FN3O5S2/c1-30-19-5-3-2-4-17(19)26-33(28,29)16-10-11-20-18(12-16)25-22(31-20)32-13-21(27)24-15-8-6-14(23)7-9-15/h2-12,26H,13H2,1H3,(H,24,27). The van der Waals surface area contributed by atoms with Gasteiger partial charge >= 0.3 is 0 Å². The van der Waals surface area contributed by atoms with Crippen molar-refractivity contribution in [2.75, 3.05) is 22.9 Å². The molecule has 4 aromatic rings. The van der Waals surface area contributed by atoms with E-state index in [9.17, 15) is 17.6 Å². The van der Waals surface area contributed by atoms with Crippen LogP contribution < -0.4 is 14.8 Å². The molecule has 1 heterocycles. The third kappa shape index (κ3) is 5.44. The van der Waals surface area contributed by atoms with Gasteiger partial charge in [-0.05, 0) is 54.6 Å². The Morgan fingerprint density at radius 2 is 1.88 bits per heavy atom. The number of aromatic nitrogens is 1. The van der Waals surface area contributed by atoms with E-state index >= 15 is 0 Å². The number of hydrogen-bond acceptors (Lipinski definition) is 7. The number of rotatable bonds is 8. The molecule has 11 heteroatoms. The average Bonchev–Trinajstić information content (AvgIpc) is 3.22. The highest BCUT2D eigenvalue weighted by Crippen LogP contribution is 2.29. The van der Waals surface area contributed by atoms with Gasteiger partial charge in [-0.1, -0.05) is 23.9 Å². The van der Waals surface area contributed by atoms with Crippen molar-refractivity contribution in [1.29, 1.82) is 0 Å². The maximum absolute atomic E-state index is 13.0. The van der Waals surface area contributed by atoms with Crippen LogP contribution in [-0.4, -0.2) is 32.2 Å². The predicted molar refractivity (Wildman–Crippen MR) is 124 cm³/mol. The number of para-hydroxylation sites is 2. The fourth-order valence-corrected chi connectivity index (χ4v) is 4.63. The van der Waals surface area contributed by atoms with Gasteiger partial charge in [-0.2, -0.15) is 0 Å². The molecule has 0 spiro atoms. The summed E-state index contributed by atoms with van der Waals surface area (Å²) in [6.45, 7) is 0. The summed E-state index contributed by atoms with van der Waals surface area (Å²) < 4.78 is 51.9. The predicted octanol–water partition coefficient (Wildman–Crippen LogP) is 4.51. The van der Waals surface area contributed by atoms with Crippen molar-refractivity contribution in [1.82, 2.24) is 4.98 Å². The van der Waals surface area contributed by atoms with Crippen molar-refractivity contribution in [3.8, 4) is 5.75 Å². The molecule has 3 aromatic carbocycles. The number of anilines is 2. The molecule has 4 rings (SSSR count). The number of fused-ring (bicyclic) bond motifs is 1. The summed E-state index contributed by atoms with van der Waals surface area (Å²) in [7, 11) is -2.45. The topological polar surface area (TPSA) is 111 Å². The van der Waals surface area contributed by atoms with Gasteiger partial charge in [-0.3, -0.25) is 9.52 Å². The molecule has 33 heavy (non-hydrogen) atoms. The van der Waals surface area contributed by atoms with Crippen LogP contribution in [0.15, 0.2) is 81.3 Å². The van der Waals surface area contributed by atoms with Gasteiger partial charge in [0.1, 0.15) is 17.1 Å². The van der Waals surface area contributed by atoms with Crippen molar-refractivity contribution in [2.24, 2.45) is 0 Å². The number of nitrogens with one attached hydrogen (secondary N) is 2. The molecule has 0 bridgehead atoms. The Kier molecular flexibility index (Phi) is 6.52. The van der Waals surface area contributed by atoms with Gasteiger partial charge < -0.3 is 14.5 Å². The Morgan fingerprint density at radius 1 is 1.12 bits per heavy atom. The van der Waals surface area contributed by atoms with Crippen LogP contribution in [0.5, 0.6) is 5.75 Å². The first-order chi connectivity index (χ1) is 15.8. The van der Waals surface area contributed by atoms with Crippen LogP contribution >= 0.6 is 11.8 Å². The Balaban J connectivity index is 1.45. The molecule has 1 aromatic heterocycles. The minimum atomic E-state index is -3.90. The van der Waals surface area contributed by atoms with E-state index in [1.54, 1.807) is 24.3 Å². The zero-order valence-electron chi connectivity index (χ0n) is 17.2. The summed E-state index contributed by atoms with van der Waals surface area (Å²) in [5, 5.41) is 2.86. The minimum absolute atomic E-state index is 0.000177. The van der Waals surface area contributed by atoms with E-state index < -0.39 is 15.8 Å². The van der Waals surface area contributed by atoms with E-state index in [2.05, 4.69) is 15.0 Å². The van der Waals surface area contributed by atoms with Gasteiger partial charge in [0, 0.05) is 5.69 Å². The number of amides is 1. The third-order valence-electron chi connectivity index (χ3n) is 4.46. The van der Waals surface area contributed by atoms with E-state index in [0.717, 1.165) is 11.8 Å². The van der Waals surface area contributed by atoms with Crippen molar-refractivity contribution < 1.29 is 26.8 Å². The molecule has 0 fully saturated rings. The maximum Gasteiger partial charge on any atom is 0.262 e. The fourth-order valence-electron chi connectivity index (χ4n) is 2.91. The second-order valence-corrected chi connectivity index (χ2v) is 9.37. The summed E-state index contributed by atoms with van der Waals surface area (Å²) in [5.41, 5.74) is 1.49. The van der Waals surface area contributed by atoms with Crippen LogP contribution in [0.3, 0.4) is 0 Å². The molecular formula is C22H18FN3O5S2. The van der Waals surface area contributed by atoms with E-state index in [-0.39, 0.29) is 21.8 Å². The number of thioether (sulfide) groups is 1. The first-order valence-corrected chi connectivity index (χ1v) is 12.1. The van der Waals surface area contributed by atoms with Crippen LogP contribution in [0.25, 0.3) is 11.1 Å². The zero-order valence-corrected chi connectivity index (χ0v) is 18.9. The third-order valence-corrected chi connectivity index (χ3v) is 6.65. The monoisotopic (exact) mass is 487 g/mol. The zero-order chi connectivity index (χ0) is 23.4. The Bertz CT molecular complexity index is 1410. The highest BCUT2D eigenvalue weighted by atomic mass is 32.2. The number of hydrogen-bond donors (Lipinski definition) is 2. The number of ether oxygens (including phenoxy) is 1. The van der Waals surface area contributed by atoms with E-state index in [4.69, 9.17) is 9.15 Å².